The van der Waals surface area contributed by atoms with Crippen molar-refractivity contribution >= 4 is 0 Å². The van der Waals surface area contributed by atoms with Gasteiger partial charge in [-0.25, -0.2) is 0 Å². The monoisotopic (exact) mass is 200 g/mol. The molecule has 0 aliphatic carbocycles. The van der Waals surface area contributed by atoms with Crippen LogP contribution in [0.5, 0.6) is 0 Å². The van der Waals surface area contributed by atoms with Crippen LogP contribution in [0.2, 0.25) is 0 Å². The Hall–Kier alpha value is -0.630. The first-order valence-corrected chi connectivity index (χ1v) is 4.77. The minimum atomic E-state index is -0.647. The summed E-state index contributed by atoms with van der Waals surface area (Å²) in [6.45, 7) is 5.85. The van der Waals surface area contributed by atoms with Gasteiger partial charge in [0.2, 0.25) is 0 Å². The van der Waals surface area contributed by atoms with Gasteiger partial charge in [0.15, 0.2) is 0 Å². The quantitative estimate of drug-likeness (QED) is 0.575. The van der Waals surface area contributed by atoms with Crippen molar-refractivity contribution in [2.24, 2.45) is 5.41 Å². The first kappa shape index (κ1) is 13.4. The molecule has 0 spiro atoms. The lowest BCUT2D eigenvalue weighted by Crippen LogP contribution is -2.49. The van der Waals surface area contributed by atoms with Gasteiger partial charge in [0.05, 0.1) is 30.2 Å². The van der Waals surface area contributed by atoms with Crippen molar-refractivity contribution in [1.29, 1.82) is 5.26 Å². The largest absolute Gasteiger partial charge is 0.394 e. The molecule has 0 fully saturated rings. The molecule has 0 bridgehead atoms. The van der Waals surface area contributed by atoms with E-state index in [4.69, 9.17) is 15.5 Å². The Morgan fingerprint density at radius 1 is 1.21 bits per heavy atom. The lowest BCUT2D eigenvalue weighted by Gasteiger charge is -2.27. The van der Waals surface area contributed by atoms with Gasteiger partial charge in [-0.05, 0) is 33.7 Å². The topological polar surface area (TPSA) is 76.3 Å². The highest BCUT2D eigenvalue weighted by atomic mass is 16.3. The second-order valence-corrected chi connectivity index (χ2v) is 4.55. The van der Waals surface area contributed by atoms with Gasteiger partial charge in [0, 0.05) is 0 Å². The molecular formula is C10H20N2O2. The van der Waals surface area contributed by atoms with Crippen molar-refractivity contribution in [3.63, 3.8) is 0 Å². The van der Waals surface area contributed by atoms with Gasteiger partial charge in [-0.15, -0.1) is 0 Å². The van der Waals surface area contributed by atoms with Crippen molar-refractivity contribution in [1.82, 2.24) is 5.32 Å². The van der Waals surface area contributed by atoms with E-state index in [-0.39, 0.29) is 18.6 Å². The maximum absolute atomic E-state index is 8.98. The summed E-state index contributed by atoms with van der Waals surface area (Å²) in [5.74, 6) is 0. The van der Waals surface area contributed by atoms with E-state index in [0.717, 1.165) is 0 Å². The van der Waals surface area contributed by atoms with Crippen LogP contribution in [-0.4, -0.2) is 35.5 Å². The third-order valence-corrected chi connectivity index (χ3v) is 2.30. The summed E-state index contributed by atoms with van der Waals surface area (Å²) in [6.07, 6.45) is 0.694. The summed E-state index contributed by atoms with van der Waals surface area (Å²) in [7, 11) is 0. The number of hydrogen-bond acceptors (Lipinski definition) is 4. The number of nitrogens with one attached hydrogen (secondary N) is 1. The van der Waals surface area contributed by atoms with Gasteiger partial charge in [-0.2, -0.15) is 5.26 Å². The Morgan fingerprint density at radius 2 is 1.71 bits per heavy atom. The Balaban J connectivity index is 3.91. The molecule has 0 unspecified atom stereocenters. The van der Waals surface area contributed by atoms with Gasteiger partial charge in [-0.1, -0.05) is 0 Å². The maximum Gasteiger partial charge on any atom is 0.0684 e. The fourth-order valence-electron chi connectivity index (χ4n) is 0.894. The normalized spacial score (nSPS) is 12.6. The highest BCUT2D eigenvalue weighted by molar-refractivity contribution is 4.93. The molecule has 4 heteroatoms. The third kappa shape index (κ3) is 4.56. The Kier molecular flexibility index (Phi) is 5.06. The van der Waals surface area contributed by atoms with Crippen molar-refractivity contribution in [2.45, 2.75) is 32.7 Å². The first-order chi connectivity index (χ1) is 6.39. The van der Waals surface area contributed by atoms with E-state index in [2.05, 4.69) is 11.4 Å². The molecule has 3 N–H and O–H groups in total. The summed E-state index contributed by atoms with van der Waals surface area (Å²) in [6, 6.07) is 2.20. The average molecular weight is 200 g/mol. The standard InChI is InChI=1S/C10H20N2O2/c1-9(2,6-11)4-5-12-10(3,7-13)8-14/h12-14H,4-5,7-8H2,1-3H3. The zero-order chi connectivity index (χ0) is 11.2. The molecule has 0 amide bonds. The summed E-state index contributed by atoms with van der Waals surface area (Å²) in [5, 5.41) is 29.8. The molecule has 0 saturated carbocycles. The zero-order valence-corrected chi connectivity index (χ0v) is 9.17. The van der Waals surface area contributed by atoms with E-state index in [1.165, 1.54) is 0 Å². The Bertz CT molecular complexity index is 205. The van der Waals surface area contributed by atoms with Crippen molar-refractivity contribution in [3.8, 4) is 6.07 Å². The molecule has 4 nitrogen and oxygen atoms in total. The van der Waals surface area contributed by atoms with Crippen LogP contribution in [-0.2, 0) is 0 Å². The molecule has 0 saturated heterocycles. The van der Waals surface area contributed by atoms with E-state index in [9.17, 15) is 0 Å². The zero-order valence-electron chi connectivity index (χ0n) is 9.17. The van der Waals surface area contributed by atoms with Crippen LogP contribution < -0.4 is 5.32 Å². The summed E-state index contributed by atoms with van der Waals surface area (Å²) in [4.78, 5) is 0. The number of hydrogen-bond donors (Lipinski definition) is 3. The van der Waals surface area contributed by atoms with Crippen LogP contribution in [0.3, 0.4) is 0 Å². The van der Waals surface area contributed by atoms with Crippen LogP contribution in [0.15, 0.2) is 0 Å². The van der Waals surface area contributed by atoms with Crippen LogP contribution >= 0.6 is 0 Å². The van der Waals surface area contributed by atoms with Gasteiger partial charge >= 0.3 is 0 Å². The van der Waals surface area contributed by atoms with Crippen molar-refractivity contribution < 1.29 is 10.2 Å². The molecule has 0 heterocycles. The highest BCUT2D eigenvalue weighted by Gasteiger charge is 2.23. The lowest BCUT2D eigenvalue weighted by molar-refractivity contribution is 0.102. The minimum Gasteiger partial charge on any atom is -0.394 e. The molecule has 0 aromatic rings. The summed E-state index contributed by atoms with van der Waals surface area (Å²) < 4.78 is 0. The first-order valence-electron chi connectivity index (χ1n) is 4.77. The lowest BCUT2D eigenvalue weighted by atomic mass is 9.91. The smallest absolute Gasteiger partial charge is 0.0684 e. The number of nitriles is 1. The van der Waals surface area contributed by atoms with Crippen LogP contribution in [0, 0.1) is 16.7 Å². The molecule has 14 heavy (non-hydrogen) atoms. The molecule has 0 aliphatic rings. The second kappa shape index (κ2) is 5.30. The van der Waals surface area contributed by atoms with E-state index in [1.54, 1.807) is 6.92 Å². The second-order valence-electron chi connectivity index (χ2n) is 4.55. The van der Waals surface area contributed by atoms with E-state index in [1.807, 2.05) is 13.8 Å². The van der Waals surface area contributed by atoms with Gasteiger partial charge in [-0.3, -0.25) is 0 Å². The molecular weight excluding hydrogens is 180 g/mol. The number of nitrogens with zero attached hydrogens (tertiary/aromatic N) is 1. The summed E-state index contributed by atoms with van der Waals surface area (Å²) >= 11 is 0. The third-order valence-electron chi connectivity index (χ3n) is 2.30. The molecule has 0 aliphatic heterocycles. The Morgan fingerprint density at radius 3 is 2.07 bits per heavy atom. The van der Waals surface area contributed by atoms with Gasteiger partial charge in [0.25, 0.3) is 0 Å². The van der Waals surface area contributed by atoms with Crippen LogP contribution in [0.4, 0.5) is 0 Å². The molecule has 0 radical (unpaired) electrons. The van der Waals surface area contributed by atoms with Gasteiger partial charge in [0.1, 0.15) is 0 Å². The number of rotatable bonds is 6. The van der Waals surface area contributed by atoms with Gasteiger partial charge < -0.3 is 15.5 Å². The predicted molar refractivity (Wildman–Crippen MR) is 54.6 cm³/mol. The maximum atomic E-state index is 8.98. The van der Waals surface area contributed by atoms with Crippen molar-refractivity contribution in [3.05, 3.63) is 0 Å². The van der Waals surface area contributed by atoms with Crippen LogP contribution in [0.25, 0.3) is 0 Å². The molecule has 0 aromatic heterocycles. The van der Waals surface area contributed by atoms with Crippen LogP contribution in [0.1, 0.15) is 27.2 Å². The predicted octanol–water partition coefficient (Wildman–Crippen LogP) is 0.259. The van der Waals surface area contributed by atoms with Crippen molar-refractivity contribution in [2.75, 3.05) is 19.8 Å². The number of aliphatic hydroxyl groups is 2. The number of aliphatic hydroxyl groups excluding tert-OH is 2. The Labute approximate surface area is 85.6 Å². The summed E-state index contributed by atoms with van der Waals surface area (Å²) in [5.41, 5.74) is -1.01. The SMILES string of the molecule is CC(C)(C#N)CCNC(C)(CO)CO. The van der Waals surface area contributed by atoms with E-state index >= 15 is 0 Å². The fraction of sp³-hybridized carbons (Fsp3) is 0.900. The molecule has 82 valence electrons. The minimum absolute atomic E-state index is 0.115. The molecule has 0 aromatic carbocycles. The fourth-order valence-corrected chi connectivity index (χ4v) is 0.894. The average Bonchev–Trinajstić information content (AvgIpc) is 2.17. The molecule has 0 rings (SSSR count). The molecule has 0 atom stereocenters. The van der Waals surface area contributed by atoms with E-state index < -0.39 is 5.54 Å². The van der Waals surface area contributed by atoms with E-state index in [0.29, 0.717) is 13.0 Å². The highest BCUT2D eigenvalue weighted by Crippen LogP contribution is 2.17.